The van der Waals surface area contributed by atoms with E-state index in [1.165, 1.54) is 0 Å². The van der Waals surface area contributed by atoms with Crippen LogP contribution in [0.3, 0.4) is 0 Å². The van der Waals surface area contributed by atoms with Crippen LogP contribution in [0.2, 0.25) is 0 Å². The zero-order valence-corrected chi connectivity index (χ0v) is 8.28. The Morgan fingerprint density at radius 2 is 2.50 bits per heavy atom. The van der Waals surface area contributed by atoms with Gasteiger partial charge >= 0.3 is 0 Å². The Morgan fingerprint density at radius 1 is 1.75 bits per heavy atom. The van der Waals surface area contributed by atoms with E-state index in [0.717, 1.165) is 21.5 Å². The van der Waals surface area contributed by atoms with Crippen molar-refractivity contribution in [3.8, 4) is 0 Å². The first kappa shape index (κ1) is 7.86. The second-order valence-corrected chi connectivity index (χ2v) is 3.99. The summed E-state index contributed by atoms with van der Waals surface area (Å²) in [5, 5.41) is 11.2. The number of fused-ring (bicyclic) bond motifs is 1. The highest BCUT2D eigenvalue weighted by Crippen LogP contribution is 2.16. The third kappa shape index (κ3) is 1.16. The van der Waals surface area contributed by atoms with E-state index in [2.05, 4.69) is 20.5 Å². The molecule has 0 aromatic carbocycles. The van der Waals surface area contributed by atoms with E-state index in [1.807, 2.05) is 19.2 Å². The van der Waals surface area contributed by atoms with Gasteiger partial charge in [-0.3, -0.25) is 0 Å². The Kier molecular flexibility index (Phi) is 1.72. The van der Waals surface area contributed by atoms with E-state index in [0.29, 0.717) is 0 Å². The maximum absolute atomic E-state index is 11.2. The predicted octanol–water partition coefficient (Wildman–Crippen LogP) is 1.58. The summed E-state index contributed by atoms with van der Waals surface area (Å²) in [4.78, 5) is 0. The van der Waals surface area contributed by atoms with E-state index in [9.17, 15) is 5.21 Å². The highest BCUT2D eigenvalue weighted by atomic mass is 79.9. The fourth-order valence-corrected chi connectivity index (χ4v) is 1.86. The molecule has 1 atom stereocenters. The Bertz CT molecular complexity index is 343. The minimum absolute atomic E-state index is 0.0387. The van der Waals surface area contributed by atoms with E-state index >= 15 is 0 Å². The van der Waals surface area contributed by atoms with Gasteiger partial charge in [0, 0.05) is 17.6 Å². The molecule has 0 saturated carbocycles. The molecule has 1 unspecified atom stereocenters. The van der Waals surface area contributed by atoms with Crippen molar-refractivity contribution < 1.29 is 4.74 Å². The lowest BCUT2D eigenvalue weighted by atomic mass is 10.3. The van der Waals surface area contributed by atoms with Crippen molar-refractivity contribution in [2.24, 2.45) is 0 Å². The standard InChI is InChI=1S/C8H9BrN2O/c1-6-3-10-4-7(9)2-8(10)5-11(6)12/h2,4-6H,3H2,1H3. The molecule has 2 heterocycles. The third-order valence-corrected chi connectivity index (χ3v) is 2.49. The zero-order chi connectivity index (χ0) is 8.72. The fourth-order valence-electron chi connectivity index (χ4n) is 1.38. The number of rotatable bonds is 0. The van der Waals surface area contributed by atoms with Crippen LogP contribution in [0.5, 0.6) is 0 Å². The number of nitrogens with zero attached hydrogens (tertiary/aromatic N) is 2. The van der Waals surface area contributed by atoms with Crippen LogP contribution in [-0.4, -0.2) is 21.6 Å². The summed E-state index contributed by atoms with van der Waals surface area (Å²) in [6.45, 7) is 2.68. The summed E-state index contributed by atoms with van der Waals surface area (Å²) in [5.74, 6) is 0. The van der Waals surface area contributed by atoms with Crippen LogP contribution < -0.4 is 0 Å². The normalized spacial score (nSPS) is 21.8. The van der Waals surface area contributed by atoms with Crippen LogP contribution in [-0.2, 0) is 6.54 Å². The maximum atomic E-state index is 11.2. The smallest absolute Gasteiger partial charge is 0.198 e. The lowest BCUT2D eigenvalue weighted by Gasteiger charge is -2.18. The molecular weight excluding hydrogens is 220 g/mol. The van der Waals surface area contributed by atoms with Crippen molar-refractivity contribution >= 4 is 22.1 Å². The first-order valence-corrected chi connectivity index (χ1v) is 4.62. The molecule has 0 fully saturated rings. The van der Waals surface area contributed by atoms with E-state index in [1.54, 1.807) is 6.21 Å². The van der Waals surface area contributed by atoms with E-state index in [-0.39, 0.29) is 6.04 Å². The van der Waals surface area contributed by atoms with Crippen LogP contribution in [0.1, 0.15) is 12.6 Å². The molecule has 64 valence electrons. The van der Waals surface area contributed by atoms with Gasteiger partial charge in [0.25, 0.3) is 0 Å². The Hall–Kier alpha value is -0.770. The monoisotopic (exact) mass is 228 g/mol. The van der Waals surface area contributed by atoms with E-state index < -0.39 is 0 Å². The van der Waals surface area contributed by atoms with Crippen molar-refractivity contribution in [1.29, 1.82) is 0 Å². The SMILES string of the molecule is CC1Cn2cc(Br)cc2C=[N+]1[O-]. The minimum atomic E-state index is 0.0387. The number of hydroxylamine groups is 1. The van der Waals surface area contributed by atoms with Gasteiger partial charge in [0.2, 0.25) is 0 Å². The van der Waals surface area contributed by atoms with Crippen molar-refractivity contribution in [2.75, 3.05) is 0 Å². The van der Waals surface area contributed by atoms with E-state index in [4.69, 9.17) is 0 Å². The second-order valence-electron chi connectivity index (χ2n) is 3.07. The number of hydrogen-bond acceptors (Lipinski definition) is 1. The zero-order valence-electron chi connectivity index (χ0n) is 6.70. The van der Waals surface area contributed by atoms with Crippen LogP contribution in [0, 0.1) is 5.21 Å². The summed E-state index contributed by atoms with van der Waals surface area (Å²) < 4.78 is 4.10. The molecule has 1 aromatic rings. The van der Waals surface area contributed by atoms with Crippen LogP contribution >= 0.6 is 15.9 Å². The summed E-state index contributed by atoms with van der Waals surface area (Å²) in [6, 6.07) is 1.98. The lowest BCUT2D eigenvalue weighted by Crippen LogP contribution is -2.30. The molecule has 1 aliphatic heterocycles. The molecule has 0 radical (unpaired) electrons. The molecule has 0 spiro atoms. The van der Waals surface area contributed by atoms with Gasteiger partial charge in [-0.05, 0) is 22.0 Å². The average molecular weight is 229 g/mol. The first-order chi connectivity index (χ1) is 5.66. The molecule has 0 amide bonds. The first-order valence-electron chi connectivity index (χ1n) is 3.83. The van der Waals surface area contributed by atoms with Gasteiger partial charge in [-0.15, -0.1) is 0 Å². The molecule has 0 saturated heterocycles. The molecule has 0 N–H and O–H groups in total. The maximum Gasteiger partial charge on any atom is 0.198 e. The molecule has 1 aromatic heterocycles. The average Bonchev–Trinajstić information content (AvgIpc) is 2.30. The highest BCUT2D eigenvalue weighted by molar-refractivity contribution is 9.10. The molecule has 2 rings (SSSR count). The predicted molar refractivity (Wildman–Crippen MR) is 50.4 cm³/mol. The molecule has 1 aliphatic rings. The Morgan fingerprint density at radius 3 is 3.25 bits per heavy atom. The topological polar surface area (TPSA) is 31.0 Å². The summed E-state index contributed by atoms with van der Waals surface area (Å²) >= 11 is 3.37. The van der Waals surface area contributed by atoms with Crippen molar-refractivity contribution in [2.45, 2.75) is 19.5 Å². The second kappa shape index (κ2) is 2.62. The highest BCUT2D eigenvalue weighted by Gasteiger charge is 2.18. The molecule has 0 bridgehead atoms. The number of aromatic nitrogens is 1. The Labute approximate surface area is 79.0 Å². The summed E-state index contributed by atoms with van der Waals surface area (Å²) in [7, 11) is 0. The molecule has 12 heavy (non-hydrogen) atoms. The number of halogens is 1. The van der Waals surface area contributed by atoms with Crippen LogP contribution in [0.15, 0.2) is 16.7 Å². The molecule has 4 heteroatoms. The quantitative estimate of drug-likeness (QED) is 0.490. The van der Waals surface area contributed by atoms with Gasteiger partial charge in [0.1, 0.15) is 5.69 Å². The summed E-state index contributed by atoms with van der Waals surface area (Å²) in [5.41, 5.74) is 0.968. The van der Waals surface area contributed by atoms with Crippen molar-refractivity contribution in [1.82, 2.24) is 4.57 Å². The van der Waals surface area contributed by atoms with Gasteiger partial charge in [-0.2, -0.15) is 0 Å². The van der Waals surface area contributed by atoms with Gasteiger partial charge < -0.3 is 9.77 Å². The Balaban J connectivity index is 2.48. The van der Waals surface area contributed by atoms with Crippen LogP contribution in [0.25, 0.3) is 0 Å². The number of hydrogen-bond donors (Lipinski definition) is 0. The lowest BCUT2D eigenvalue weighted by molar-refractivity contribution is -0.497. The van der Waals surface area contributed by atoms with Gasteiger partial charge in [-0.1, -0.05) is 0 Å². The molecular formula is C8H9BrN2O. The molecule has 3 nitrogen and oxygen atoms in total. The third-order valence-electron chi connectivity index (χ3n) is 2.05. The largest absolute Gasteiger partial charge is 0.624 e. The van der Waals surface area contributed by atoms with Gasteiger partial charge in [-0.25, -0.2) is 4.74 Å². The van der Waals surface area contributed by atoms with Gasteiger partial charge in [0.15, 0.2) is 12.3 Å². The van der Waals surface area contributed by atoms with Crippen LogP contribution in [0.4, 0.5) is 0 Å². The van der Waals surface area contributed by atoms with Gasteiger partial charge in [0.05, 0.1) is 6.54 Å². The van der Waals surface area contributed by atoms with Crippen molar-refractivity contribution in [3.05, 3.63) is 27.6 Å². The summed E-state index contributed by atoms with van der Waals surface area (Å²) in [6.07, 6.45) is 3.62. The fraction of sp³-hybridized carbons (Fsp3) is 0.375. The molecule has 0 aliphatic carbocycles. The van der Waals surface area contributed by atoms with Crippen molar-refractivity contribution in [3.63, 3.8) is 0 Å². The minimum Gasteiger partial charge on any atom is -0.624 e.